The molecule has 0 spiro atoms. The molecule has 196 valence electrons. The van der Waals surface area contributed by atoms with Crippen molar-refractivity contribution in [1.29, 1.82) is 0 Å². The number of halogens is 1. The van der Waals surface area contributed by atoms with Crippen molar-refractivity contribution in [3.05, 3.63) is 78.1 Å². The molecular weight excluding hydrogens is 542 g/mol. The number of carbonyl (C=O) groups excluding carboxylic acids is 2. The van der Waals surface area contributed by atoms with E-state index in [4.69, 9.17) is 14.0 Å². The molecule has 2 atom stereocenters. The van der Waals surface area contributed by atoms with Crippen LogP contribution in [0.25, 0.3) is 0 Å². The second-order valence-corrected chi connectivity index (χ2v) is 9.65. The number of amides is 1. The number of rotatable bonds is 8. The van der Waals surface area contributed by atoms with Crippen LogP contribution in [0.4, 0.5) is 5.82 Å². The summed E-state index contributed by atoms with van der Waals surface area (Å²) in [5, 5.41) is 18.3. The van der Waals surface area contributed by atoms with Crippen LogP contribution in [0.1, 0.15) is 24.0 Å². The molecule has 2 N–H and O–H groups in total. The summed E-state index contributed by atoms with van der Waals surface area (Å²) < 4.78 is 16.6. The summed E-state index contributed by atoms with van der Waals surface area (Å²) in [4.78, 5) is 26.4. The third-order valence-electron chi connectivity index (χ3n) is 7.48. The molecule has 0 radical (unpaired) electrons. The Morgan fingerprint density at radius 3 is 2.38 bits per heavy atom. The van der Waals surface area contributed by atoms with Gasteiger partial charge in [-0.1, -0.05) is 47.6 Å². The minimum Gasteiger partial charge on any atom is -1.00 e. The van der Waals surface area contributed by atoms with Crippen LogP contribution < -0.4 is 27.0 Å². The van der Waals surface area contributed by atoms with E-state index >= 15 is 0 Å². The van der Waals surface area contributed by atoms with E-state index in [-0.39, 0.29) is 35.4 Å². The van der Waals surface area contributed by atoms with E-state index in [2.05, 4.69) is 10.5 Å². The van der Waals surface area contributed by atoms with Gasteiger partial charge in [-0.05, 0) is 23.3 Å². The van der Waals surface area contributed by atoms with Gasteiger partial charge < -0.3 is 45.9 Å². The molecule has 4 heterocycles. The van der Waals surface area contributed by atoms with Gasteiger partial charge in [-0.15, -0.1) is 0 Å². The molecule has 3 fully saturated rings. The largest absolute Gasteiger partial charge is 1.00 e. The number of fused-ring (bicyclic) bond motifs is 3. The Bertz CT molecular complexity index is 1200. The highest BCUT2D eigenvalue weighted by Gasteiger charge is 2.51. The van der Waals surface area contributed by atoms with Crippen LogP contribution in [0.5, 0.6) is 5.75 Å². The number of hydrogen-bond acceptors (Lipinski definition) is 7. The third-order valence-corrected chi connectivity index (χ3v) is 7.48. The summed E-state index contributed by atoms with van der Waals surface area (Å²) in [6.07, 6.45) is 2.71. The van der Waals surface area contributed by atoms with E-state index in [1.165, 1.54) is 6.26 Å². The molecular formula is C27H30BrN3O6. The molecule has 3 aliphatic rings. The number of hydrogen-bond donors (Lipinski definition) is 2. The van der Waals surface area contributed by atoms with Crippen molar-refractivity contribution in [1.82, 2.24) is 5.16 Å². The van der Waals surface area contributed by atoms with Crippen LogP contribution in [0.15, 0.2) is 71.4 Å². The van der Waals surface area contributed by atoms with Crippen molar-refractivity contribution in [3.8, 4) is 5.75 Å². The number of ether oxygens (including phenoxy) is 2. The topological polar surface area (TPSA) is 111 Å². The van der Waals surface area contributed by atoms with Crippen LogP contribution in [-0.4, -0.2) is 66.0 Å². The van der Waals surface area contributed by atoms with Gasteiger partial charge >= 0.3 is 5.97 Å². The van der Waals surface area contributed by atoms with Crippen molar-refractivity contribution in [2.24, 2.45) is 5.92 Å². The molecule has 1 unspecified atom stereocenters. The summed E-state index contributed by atoms with van der Waals surface area (Å²) in [5.74, 6) is 0.315. The van der Waals surface area contributed by atoms with E-state index < -0.39 is 17.7 Å². The average molecular weight is 572 g/mol. The van der Waals surface area contributed by atoms with Gasteiger partial charge in [-0.2, -0.15) is 0 Å². The van der Waals surface area contributed by atoms with Gasteiger partial charge in [0.15, 0.2) is 18.5 Å². The lowest BCUT2D eigenvalue weighted by molar-refractivity contribution is -0.939. The summed E-state index contributed by atoms with van der Waals surface area (Å²) in [5.41, 5.74) is -1.15. The second-order valence-electron chi connectivity index (χ2n) is 9.65. The molecule has 37 heavy (non-hydrogen) atoms. The maximum atomic E-state index is 13.7. The molecule has 3 saturated heterocycles. The van der Waals surface area contributed by atoms with Gasteiger partial charge in [0.25, 0.3) is 5.91 Å². The number of benzene rings is 2. The molecule has 1 aromatic heterocycles. The van der Waals surface area contributed by atoms with E-state index in [9.17, 15) is 14.7 Å². The zero-order valence-corrected chi connectivity index (χ0v) is 22.1. The fourth-order valence-electron chi connectivity index (χ4n) is 5.48. The van der Waals surface area contributed by atoms with Crippen molar-refractivity contribution in [3.63, 3.8) is 0 Å². The van der Waals surface area contributed by atoms with Gasteiger partial charge in [0.1, 0.15) is 18.6 Å². The lowest BCUT2D eigenvalue weighted by atomic mass is 9.82. The van der Waals surface area contributed by atoms with E-state index in [0.717, 1.165) is 25.9 Å². The Morgan fingerprint density at radius 1 is 1.08 bits per heavy atom. The van der Waals surface area contributed by atoms with Gasteiger partial charge in [0.05, 0.1) is 20.2 Å². The number of nitrogens with zero attached hydrogens (tertiary/aromatic N) is 2. The maximum Gasteiger partial charge on any atom is 0.348 e. The number of methoxy groups -OCH3 is 1. The van der Waals surface area contributed by atoms with Gasteiger partial charge in [0.2, 0.25) is 5.60 Å². The Hall–Kier alpha value is -3.21. The maximum absolute atomic E-state index is 13.7. The molecule has 0 saturated carbocycles. The Morgan fingerprint density at radius 2 is 1.76 bits per heavy atom. The highest BCUT2D eigenvalue weighted by molar-refractivity contribution is 5.90. The minimum atomic E-state index is -1.98. The van der Waals surface area contributed by atoms with Crippen molar-refractivity contribution in [2.45, 2.75) is 24.5 Å². The summed E-state index contributed by atoms with van der Waals surface area (Å²) >= 11 is 0. The number of carbonyl (C=O) groups is 2. The Balaban J connectivity index is 0.00000320. The van der Waals surface area contributed by atoms with Gasteiger partial charge in [-0.3, -0.25) is 4.79 Å². The molecule has 9 nitrogen and oxygen atoms in total. The first-order chi connectivity index (χ1) is 17.4. The summed E-state index contributed by atoms with van der Waals surface area (Å²) in [6.45, 7) is 2.46. The number of aliphatic hydroxyl groups is 1. The van der Waals surface area contributed by atoms with Crippen LogP contribution >= 0.6 is 0 Å². The highest BCUT2D eigenvalue weighted by Crippen LogP contribution is 2.38. The minimum absolute atomic E-state index is 0. The first-order valence-electron chi connectivity index (χ1n) is 12.1. The predicted molar refractivity (Wildman–Crippen MR) is 130 cm³/mol. The average Bonchev–Trinajstić information content (AvgIpc) is 3.42. The monoisotopic (exact) mass is 571 g/mol. The first-order valence-corrected chi connectivity index (χ1v) is 12.1. The number of piperidine rings is 3. The molecule has 3 aliphatic heterocycles. The normalized spacial score (nSPS) is 23.8. The SMILES string of the molecule is COc1ccc(C(O)(C(=O)O[C@H]2C[N+]3(CC(=O)Nc4ccon4)CCC2CC3)c2ccccc2)cc1.[Br-]. The van der Waals surface area contributed by atoms with E-state index in [1.54, 1.807) is 61.7 Å². The number of nitrogens with one attached hydrogen (secondary N) is 1. The van der Waals surface area contributed by atoms with E-state index in [1.807, 2.05) is 6.07 Å². The molecule has 3 aromatic rings. The smallest absolute Gasteiger partial charge is 0.348 e. The van der Waals surface area contributed by atoms with Crippen LogP contribution in [0, 0.1) is 5.92 Å². The number of aromatic nitrogens is 1. The molecule has 1 amide bonds. The van der Waals surface area contributed by atoms with Crippen LogP contribution in [-0.2, 0) is 19.9 Å². The standard InChI is InChI=1S/C27H29N3O6.BrH/c1-34-22-9-7-21(8-10-22)27(33,20-5-3-2-4-6-20)26(32)36-23-17-30(14-11-19(23)12-15-30)18-25(31)28-24-13-16-35-29-24;/h2-10,13,16,19,23,33H,11-12,14-15,17-18H2,1H3;1H/t19?,23-,27?,30?;/m0./s1. The third kappa shape index (κ3) is 5.41. The van der Waals surface area contributed by atoms with Crippen molar-refractivity contribution < 1.29 is 50.2 Å². The highest BCUT2D eigenvalue weighted by atomic mass is 79.9. The number of quaternary nitrogens is 1. The Labute approximate surface area is 225 Å². The van der Waals surface area contributed by atoms with Crippen molar-refractivity contribution >= 4 is 17.7 Å². The van der Waals surface area contributed by atoms with Gasteiger partial charge in [-0.25, -0.2) is 4.79 Å². The molecule has 2 bridgehead atoms. The quantitative estimate of drug-likeness (QED) is 0.282. The zero-order valence-electron chi connectivity index (χ0n) is 20.5. The van der Waals surface area contributed by atoms with E-state index in [0.29, 0.717) is 33.7 Å². The summed E-state index contributed by atoms with van der Waals surface area (Å²) in [7, 11) is 1.56. The predicted octanol–water partition coefficient (Wildman–Crippen LogP) is -0.286. The van der Waals surface area contributed by atoms with Crippen LogP contribution in [0.2, 0.25) is 0 Å². The Kier molecular flexibility index (Phi) is 8.01. The second kappa shape index (κ2) is 11.0. The number of anilines is 1. The van der Waals surface area contributed by atoms with Gasteiger partial charge in [0, 0.05) is 24.8 Å². The molecule has 10 heteroatoms. The fraction of sp³-hybridized carbons (Fsp3) is 0.370. The molecule has 0 aliphatic carbocycles. The molecule has 2 aromatic carbocycles. The number of esters is 1. The van der Waals surface area contributed by atoms with Crippen molar-refractivity contribution in [2.75, 3.05) is 38.6 Å². The lowest BCUT2D eigenvalue weighted by Crippen LogP contribution is -3.00. The van der Waals surface area contributed by atoms with Crippen LogP contribution in [0.3, 0.4) is 0 Å². The molecule has 6 rings (SSSR count). The first kappa shape index (κ1) is 26.8. The fourth-order valence-corrected chi connectivity index (χ4v) is 5.48. The zero-order chi connectivity index (χ0) is 25.2. The lowest BCUT2D eigenvalue weighted by Gasteiger charge is -2.51. The summed E-state index contributed by atoms with van der Waals surface area (Å²) in [6, 6.07) is 17.2.